The molecule has 3 aliphatic rings. The standard InChI is InChI=1S/C42H43F3N4S/c1-27-20-38(37-18-17-36(24-46-37)48-29(3)39-25-50-26-47-39)49-40(28(27)2)41(33-13-7-14-33,34-15-8-16-35(23-34)42(43,44)45)19-9-12-31-22-32(31)21-30-10-5-4-6-11-30/h4-6,8,10-11,15-18,20,23-26,28,31-33,48H,1,3,7,9,12-14,19,21-22H2,2H3. The number of nitrogens with one attached hydrogen (secondary N) is 1. The molecule has 0 amide bonds. The number of alkyl halides is 3. The molecule has 8 heteroatoms. The molecule has 7 rings (SSSR count). The van der Waals surface area contributed by atoms with Gasteiger partial charge in [-0.15, -0.1) is 11.3 Å². The number of aromatic nitrogens is 2. The van der Waals surface area contributed by atoms with Crippen LogP contribution >= 0.6 is 11.3 Å². The summed E-state index contributed by atoms with van der Waals surface area (Å²) in [6, 6.07) is 20.6. The number of pyridine rings is 1. The van der Waals surface area contributed by atoms with E-state index in [1.165, 1.54) is 35.5 Å². The molecule has 0 radical (unpaired) electrons. The third-order valence-corrected chi connectivity index (χ3v) is 11.7. The molecular formula is C42H43F3N4S. The van der Waals surface area contributed by atoms with E-state index in [1.807, 2.05) is 29.7 Å². The normalized spacial score (nSPS) is 21.8. The summed E-state index contributed by atoms with van der Waals surface area (Å²) < 4.78 is 42.7. The first-order valence-electron chi connectivity index (χ1n) is 17.6. The Morgan fingerprint density at radius 1 is 0.980 bits per heavy atom. The van der Waals surface area contributed by atoms with Gasteiger partial charge in [-0.3, -0.25) is 9.98 Å². The van der Waals surface area contributed by atoms with Gasteiger partial charge in [-0.1, -0.05) is 87.9 Å². The molecule has 0 spiro atoms. The van der Waals surface area contributed by atoms with Crippen molar-refractivity contribution in [2.24, 2.45) is 28.7 Å². The predicted octanol–water partition coefficient (Wildman–Crippen LogP) is 11.4. The van der Waals surface area contributed by atoms with Crippen LogP contribution in [0.1, 0.15) is 79.9 Å². The summed E-state index contributed by atoms with van der Waals surface area (Å²) >= 11 is 1.51. The summed E-state index contributed by atoms with van der Waals surface area (Å²) in [5, 5.41) is 5.20. The minimum atomic E-state index is -4.43. The highest BCUT2D eigenvalue weighted by atomic mass is 32.1. The van der Waals surface area contributed by atoms with Crippen LogP contribution in [0, 0.1) is 23.7 Å². The molecule has 1 N–H and O–H groups in total. The summed E-state index contributed by atoms with van der Waals surface area (Å²) in [6.07, 6.45) is 7.36. The lowest BCUT2D eigenvalue weighted by Crippen LogP contribution is -2.49. The zero-order valence-electron chi connectivity index (χ0n) is 28.4. The molecule has 2 aromatic carbocycles. The number of nitrogens with zero attached hydrogens (tertiary/aromatic N) is 3. The van der Waals surface area contributed by atoms with Gasteiger partial charge >= 0.3 is 6.18 Å². The number of hydrogen-bond donors (Lipinski definition) is 1. The Morgan fingerprint density at radius 2 is 1.78 bits per heavy atom. The number of anilines is 1. The number of thiazole rings is 1. The Kier molecular flexibility index (Phi) is 9.66. The highest BCUT2D eigenvalue weighted by molar-refractivity contribution is 7.07. The highest BCUT2D eigenvalue weighted by Gasteiger charge is 2.50. The number of aliphatic imine (C=N–C) groups is 1. The van der Waals surface area contributed by atoms with E-state index < -0.39 is 17.2 Å². The summed E-state index contributed by atoms with van der Waals surface area (Å²) in [6.45, 7) is 10.6. The fourth-order valence-corrected chi connectivity index (χ4v) is 8.56. The van der Waals surface area contributed by atoms with Crippen LogP contribution < -0.4 is 5.32 Å². The van der Waals surface area contributed by atoms with Crippen LogP contribution in [0.5, 0.6) is 0 Å². The summed E-state index contributed by atoms with van der Waals surface area (Å²) in [7, 11) is 0. The van der Waals surface area contributed by atoms with Crippen molar-refractivity contribution in [3.63, 3.8) is 0 Å². The van der Waals surface area contributed by atoms with E-state index in [0.29, 0.717) is 28.9 Å². The van der Waals surface area contributed by atoms with Gasteiger partial charge in [-0.05, 0) is 90.8 Å². The average molecular weight is 693 g/mol. The molecule has 3 heterocycles. The fourth-order valence-electron chi connectivity index (χ4n) is 7.99. The molecule has 2 fully saturated rings. The first-order chi connectivity index (χ1) is 24.1. The monoisotopic (exact) mass is 692 g/mol. The van der Waals surface area contributed by atoms with E-state index in [9.17, 15) is 13.2 Å². The maximum absolute atomic E-state index is 14.2. The SMILES string of the molecule is C=C(Nc1ccc(C2=CC(=C)C(C)C(C(CCCC3CC3Cc3ccccc3)(c3cccc(C(F)(F)F)c3)C3CCC3)=N2)nc1)c1cscn1. The Balaban J connectivity index is 1.20. The van der Waals surface area contributed by atoms with Gasteiger partial charge in [0.1, 0.15) is 0 Å². The van der Waals surface area contributed by atoms with Gasteiger partial charge < -0.3 is 5.32 Å². The minimum Gasteiger partial charge on any atom is -0.353 e. The van der Waals surface area contributed by atoms with Crippen molar-refractivity contribution < 1.29 is 13.2 Å². The molecular weight excluding hydrogens is 650 g/mol. The van der Waals surface area contributed by atoms with Crippen molar-refractivity contribution in [3.8, 4) is 0 Å². The van der Waals surface area contributed by atoms with Gasteiger partial charge in [0.25, 0.3) is 0 Å². The number of benzene rings is 2. The first-order valence-corrected chi connectivity index (χ1v) is 18.6. The van der Waals surface area contributed by atoms with E-state index in [2.05, 4.69) is 60.7 Å². The lowest BCUT2D eigenvalue weighted by Gasteiger charge is -2.49. The zero-order chi connectivity index (χ0) is 34.9. The topological polar surface area (TPSA) is 50.2 Å². The molecule has 50 heavy (non-hydrogen) atoms. The quantitative estimate of drug-likeness (QED) is 0.152. The number of hydrogen-bond acceptors (Lipinski definition) is 5. The predicted molar refractivity (Wildman–Crippen MR) is 199 cm³/mol. The van der Waals surface area contributed by atoms with Crippen LogP contribution in [0.4, 0.5) is 18.9 Å². The molecule has 0 bridgehead atoms. The lowest BCUT2D eigenvalue weighted by molar-refractivity contribution is -0.137. The van der Waals surface area contributed by atoms with Crippen molar-refractivity contribution in [1.29, 1.82) is 0 Å². The maximum Gasteiger partial charge on any atom is 0.416 e. The molecule has 1 aliphatic heterocycles. The molecule has 2 aliphatic carbocycles. The molecule has 2 aromatic heterocycles. The van der Waals surface area contributed by atoms with Crippen LogP contribution in [0.15, 0.2) is 114 Å². The van der Waals surface area contributed by atoms with Crippen molar-refractivity contribution in [2.45, 2.75) is 69.9 Å². The second kappa shape index (κ2) is 14.1. The number of allylic oxidation sites excluding steroid dienone is 2. The van der Waals surface area contributed by atoms with Gasteiger partial charge in [0.2, 0.25) is 0 Å². The first kappa shape index (κ1) is 34.2. The average Bonchev–Trinajstić information content (AvgIpc) is 3.56. The van der Waals surface area contributed by atoms with Crippen LogP contribution in [0.25, 0.3) is 11.4 Å². The second-order valence-corrected chi connectivity index (χ2v) is 15.0. The van der Waals surface area contributed by atoms with Crippen LogP contribution in [-0.2, 0) is 18.0 Å². The third kappa shape index (κ3) is 7.13. The van der Waals surface area contributed by atoms with E-state index in [1.54, 1.807) is 17.8 Å². The minimum absolute atomic E-state index is 0.122. The van der Waals surface area contributed by atoms with E-state index in [-0.39, 0.29) is 11.8 Å². The lowest BCUT2D eigenvalue weighted by atomic mass is 9.55. The molecule has 4 aromatic rings. The molecule has 4 nitrogen and oxygen atoms in total. The Hall–Kier alpha value is -4.30. The van der Waals surface area contributed by atoms with Crippen LogP contribution in [0.2, 0.25) is 0 Å². The largest absolute Gasteiger partial charge is 0.416 e. The Bertz CT molecular complexity index is 1890. The van der Waals surface area contributed by atoms with Gasteiger partial charge in [-0.2, -0.15) is 13.2 Å². The van der Waals surface area contributed by atoms with Crippen LogP contribution in [0.3, 0.4) is 0 Å². The second-order valence-electron chi connectivity index (χ2n) is 14.2. The number of rotatable bonds is 13. The molecule has 4 unspecified atom stereocenters. The van der Waals surface area contributed by atoms with E-state index in [0.717, 1.165) is 73.2 Å². The summed E-state index contributed by atoms with van der Waals surface area (Å²) in [4.78, 5) is 14.4. The molecule has 2 saturated carbocycles. The highest BCUT2D eigenvalue weighted by Crippen LogP contribution is 2.53. The smallest absolute Gasteiger partial charge is 0.353 e. The van der Waals surface area contributed by atoms with Crippen molar-refractivity contribution in [1.82, 2.24) is 9.97 Å². The number of halogens is 3. The van der Waals surface area contributed by atoms with E-state index >= 15 is 0 Å². The molecule has 258 valence electrons. The van der Waals surface area contributed by atoms with Crippen molar-refractivity contribution in [2.75, 3.05) is 5.32 Å². The fraction of sp³-hybridized carbons (Fsp3) is 0.357. The van der Waals surface area contributed by atoms with Gasteiger partial charge in [0.05, 0.1) is 45.7 Å². The molecule has 0 saturated heterocycles. The summed E-state index contributed by atoms with van der Waals surface area (Å²) in [5.74, 6) is 1.40. The zero-order valence-corrected chi connectivity index (χ0v) is 29.2. The summed E-state index contributed by atoms with van der Waals surface area (Å²) in [5.41, 5.74) is 8.05. The van der Waals surface area contributed by atoms with Gasteiger partial charge in [-0.25, -0.2) is 4.98 Å². The van der Waals surface area contributed by atoms with Crippen molar-refractivity contribution >= 4 is 34.1 Å². The van der Waals surface area contributed by atoms with Gasteiger partial charge in [0.15, 0.2) is 0 Å². The van der Waals surface area contributed by atoms with E-state index in [4.69, 9.17) is 9.98 Å². The van der Waals surface area contributed by atoms with Gasteiger partial charge in [0, 0.05) is 22.4 Å². The maximum atomic E-state index is 14.2. The molecule has 4 atom stereocenters. The Labute approximate surface area is 297 Å². The third-order valence-electron chi connectivity index (χ3n) is 11.1. The van der Waals surface area contributed by atoms with Crippen LogP contribution in [-0.4, -0.2) is 15.7 Å². The van der Waals surface area contributed by atoms with Crippen molar-refractivity contribution in [3.05, 3.63) is 137 Å². The Morgan fingerprint density at radius 3 is 2.46 bits per heavy atom.